The third kappa shape index (κ3) is 4.10. The van der Waals surface area contributed by atoms with Crippen LogP contribution in [0.25, 0.3) is 10.2 Å². The van der Waals surface area contributed by atoms with Crippen molar-refractivity contribution in [2.75, 3.05) is 5.32 Å². The molecule has 0 bridgehead atoms. The van der Waals surface area contributed by atoms with Crippen molar-refractivity contribution in [1.82, 2.24) is 15.0 Å². The summed E-state index contributed by atoms with van der Waals surface area (Å²) in [6.07, 6.45) is 4.45. The van der Waals surface area contributed by atoms with Gasteiger partial charge in [-0.05, 0) is 38.2 Å². The number of aromatic nitrogens is 3. The van der Waals surface area contributed by atoms with Crippen LogP contribution in [0.5, 0.6) is 0 Å². The number of amides is 1. The first-order valence-electron chi connectivity index (χ1n) is 9.06. The number of nitrogens with one attached hydrogen (secondary N) is 2. The molecule has 0 saturated heterocycles. The molecule has 0 spiro atoms. The minimum Gasteiger partial charge on any atom is -0.310 e. The van der Waals surface area contributed by atoms with Crippen molar-refractivity contribution in [1.29, 1.82) is 0 Å². The first kappa shape index (κ1) is 20.1. The zero-order valence-electron chi connectivity index (χ0n) is 15.6. The Bertz CT molecular complexity index is 1270. The van der Waals surface area contributed by atoms with Gasteiger partial charge in [-0.2, -0.15) is 0 Å². The molecule has 3 aromatic rings. The number of thiophene rings is 1. The van der Waals surface area contributed by atoms with Crippen molar-refractivity contribution in [2.24, 2.45) is 5.14 Å². The number of carbonyl (C=O) groups is 1. The molecule has 154 valence electrons. The fraction of sp³-hybridized carbons (Fsp3) is 0.412. The van der Waals surface area contributed by atoms with E-state index in [2.05, 4.69) is 20.3 Å². The Morgan fingerprint density at radius 2 is 2.00 bits per heavy atom. The van der Waals surface area contributed by atoms with Gasteiger partial charge in [0.2, 0.25) is 15.9 Å². The standard InChI is InChI=1S/C17H19N5O4S3/c1-8-16(29(18,25)26)28-17(19-8)22-12(23)7-6-11-20-14(24)13-9-4-2-3-5-10(9)27-15(13)21-11/h2-7H2,1H3,(H2,18,25,26)(H,19,22,23)(H,20,21,24). The topological polar surface area (TPSA) is 148 Å². The maximum absolute atomic E-state index is 12.5. The zero-order valence-corrected chi connectivity index (χ0v) is 18.0. The van der Waals surface area contributed by atoms with Crippen LogP contribution in [-0.2, 0) is 34.1 Å². The number of fused-ring (bicyclic) bond motifs is 3. The van der Waals surface area contributed by atoms with Crippen LogP contribution in [0.1, 0.15) is 41.2 Å². The number of nitrogens with two attached hydrogens (primary N) is 1. The Hall–Kier alpha value is -2.15. The summed E-state index contributed by atoms with van der Waals surface area (Å²) in [7, 11) is -3.87. The molecule has 0 saturated carbocycles. The maximum Gasteiger partial charge on any atom is 0.259 e. The summed E-state index contributed by atoms with van der Waals surface area (Å²) < 4.78 is 22.9. The first-order valence-corrected chi connectivity index (χ1v) is 12.2. The first-order chi connectivity index (χ1) is 13.7. The minimum atomic E-state index is -3.87. The predicted octanol–water partition coefficient (Wildman–Crippen LogP) is 1.85. The van der Waals surface area contributed by atoms with Crippen LogP contribution in [0.15, 0.2) is 9.00 Å². The molecular formula is C17H19N5O4S3. The second-order valence-corrected chi connectivity index (χ2v) is 10.7. The fourth-order valence-electron chi connectivity index (χ4n) is 3.44. The number of sulfonamides is 1. The molecule has 0 fully saturated rings. The molecule has 0 aromatic carbocycles. The minimum absolute atomic E-state index is 0.0723. The van der Waals surface area contributed by atoms with E-state index in [1.807, 2.05) is 0 Å². The van der Waals surface area contributed by atoms with Crippen molar-refractivity contribution < 1.29 is 13.2 Å². The number of hydrogen-bond acceptors (Lipinski definition) is 8. The van der Waals surface area contributed by atoms with Crippen LogP contribution in [0.2, 0.25) is 0 Å². The van der Waals surface area contributed by atoms with E-state index in [9.17, 15) is 18.0 Å². The fourth-order valence-corrected chi connectivity index (χ4v) is 6.60. The van der Waals surface area contributed by atoms with Crippen LogP contribution < -0.4 is 16.0 Å². The summed E-state index contributed by atoms with van der Waals surface area (Å²) in [5, 5.41) is 8.54. The monoisotopic (exact) mass is 453 g/mol. The molecular weight excluding hydrogens is 434 g/mol. The molecule has 0 unspecified atom stereocenters. The van der Waals surface area contributed by atoms with E-state index in [1.54, 1.807) is 11.3 Å². The SMILES string of the molecule is Cc1nc(NC(=O)CCc2nc3sc4c(c3c(=O)[nH]2)CCCC4)sc1S(N)(=O)=O. The van der Waals surface area contributed by atoms with E-state index < -0.39 is 10.0 Å². The highest BCUT2D eigenvalue weighted by Gasteiger charge is 2.21. The predicted molar refractivity (Wildman–Crippen MR) is 112 cm³/mol. The van der Waals surface area contributed by atoms with Gasteiger partial charge in [0, 0.05) is 17.7 Å². The summed E-state index contributed by atoms with van der Waals surface area (Å²) in [5.74, 6) is 0.102. The van der Waals surface area contributed by atoms with Gasteiger partial charge in [0.25, 0.3) is 5.56 Å². The average molecular weight is 454 g/mol. The van der Waals surface area contributed by atoms with Gasteiger partial charge >= 0.3 is 0 Å². The second-order valence-electron chi connectivity index (χ2n) is 6.89. The number of hydrogen-bond donors (Lipinski definition) is 3. The Kier molecular flexibility index (Phi) is 5.27. The highest BCUT2D eigenvalue weighted by atomic mass is 32.2. The van der Waals surface area contributed by atoms with Gasteiger partial charge in [-0.3, -0.25) is 9.59 Å². The van der Waals surface area contributed by atoms with Gasteiger partial charge < -0.3 is 10.3 Å². The van der Waals surface area contributed by atoms with E-state index in [4.69, 9.17) is 5.14 Å². The van der Waals surface area contributed by atoms with Gasteiger partial charge in [-0.25, -0.2) is 23.5 Å². The van der Waals surface area contributed by atoms with Gasteiger partial charge in [0.1, 0.15) is 10.7 Å². The number of primary sulfonamides is 1. The normalized spacial score (nSPS) is 14.1. The number of thiazole rings is 1. The smallest absolute Gasteiger partial charge is 0.259 e. The Labute approximate surface area is 174 Å². The second kappa shape index (κ2) is 7.59. The van der Waals surface area contributed by atoms with E-state index >= 15 is 0 Å². The summed E-state index contributed by atoms with van der Waals surface area (Å²) in [4.78, 5) is 38.1. The van der Waals surface area contributed by atoms with E-state index in [0.717, 1.165) is 47.4 Å². The molecule has 0 aliphatic heterocycles. The number of carbonyl (C=O) groups excluding carboxylic acids is 1. The number of anilines is 1. The number of aromatic amines is 1. The lowest BCUT2D eigenvalue weighted by molar-refractivity contribution is -0.116. The molecule has 3 aromatic heterocycles. The van der Waals surface area contributed by atoms with Crippen LogP contribution in [0.3, 0.4) is 0 Å². The molecule has 9 nitrogen and oxygen atoms in total. The molecule has 3 heterocycles. The van der Waals surface area contributed by atoms with Gasteiger partial charge in [0.15, 0.2) is 9.34 Å². The Morgan fingerprint density at radius 3 is 2.72 bits per heavy atom. The van der Waals surface area contributed by atoms with E-state index in [1.165, 1.54) is 11.8 Å². The van der Waals surface area contributed by atoms with Crippen molar-refractivity contribution in [3.05, 3.63) is 32.3 Å². The van der Waals surface area contributed by atoms with Crippen LogP contribution in [0, 0.1) is 6.92 Å². The molecule has 4 rings (SSSR count). The van der Waals surface area contributed by atoms with Crippen LogP contribution in [0.4, 0.5) is 5.13 Å². The van der Waals surface area contributed by atoms with Gasteiger partial charge in [0.05, 0.1) is 11.1 Å². The van der Waals surface area contributed by atoms with Crippen molar-refractivity contribution in [3.8, 4) is 0 Å². The highest BCUT2D eigenvalue weighted by Crippen LogP contribution is 2.33. The molecule has 1 aliphatic rings. The Balaban J connectivity index is 1.47. The van der Waals surface area contributed by atoms with Crippen LogP contribution >= 0.6 is 22.7 Å². The number of H-pyrrole nitrogens is 1. The third-order valence-electron chi connectivity index (χ3n) is 4.72. The summed E-state index contributed by atoms with van der Waals surface area (Å²) in [6, 6.07) is 0. The van der Waals surface area contributed by atoms with Crippen LogP contribution in [-0.4, -0.2) is 29.3 Å². The summed E-state index contributed by atoms with van der Waals surface area (Å²) in [6.45, 7) is 1.51. The number of nitrogens with zero attached hydrogens (tertiary/aromatic N) is 2. The van der Waals surface area contributed by atoms with Gasteiger partial charge in [-0.15, -0.1) is 11.3 Å². The van der Waals surface area contributed by atoms with Gasteiger partial charge in [-0.1, -0.05) is 11.3 Å². The quantitative estimate of drug-likeness (QED) is 0.537. The molecule has 0 atom stereocenters. The lowest BCUT2D eigenvalue weighted by Gasteiger charge is -2.09. The van der Waals surface area contributed by atoms with E-state index in [0.29, 0.717) is 11.2 Å². The number of aryl methyl sites for hydroxylation is 4. The third-order valence-corrected chi connectivity index (χ3v) is 8.53. The lowest BCUT2D eigenvalue weighted by atomic mass is 9.97. The molecule has 29 heavy (non-hydrogen) atoms. The van der Waals surface area contributed by atoms with Crippen molar-refractivity contribution in [3.63, 3.8) is 0 Å². The largest absolute Gasteiger partial charge is 0.310 e. The maximum atomic E-state index is 12.5. The number of rotatable bonds is 5. The average Bonchev–Trinajstić information content (AvgIpc) is 3.20. The highest BCUT2D eigenvalue weighted by molar-refractivity contribution is 7.91. The summed E-state index contributed by atoms with van der Waals surface area (Å²) >= 11 is 2.37. The molecule has 1 amide bonds. The lowest BCUT2D eigenvalue weighted by Crippen LogP contribution is -2.16. The molecule has 12 heteroatoms. The molecule has 4 N–H and O–H groups in total. The molecule has 0 radical (unpaired) electrons. The molecule has 1 aliphatic carbocycles. The van der Waals surface area contributed by atoms with Crippen molar-refractivity contribution in [2.45, 2.75) is 49.7 Å². The van der Waals surface area contributed by atoms with E-state index in [-0.39, 0.29) is 39.3 Å². The summed E-state index contributed by atoms with van der Waals surface area (Å²) in [5.41, 5.74) is 1.21. The Morgan fingerprint density at radius 1 is 1.24 bits per heavy atom. The van der Waals surface area contributed by atoms with Crippen molar-refractivity contribution >= 4 is 54.0 Å². The zero-order chi connectivity index (χ0) is 20.8.